The van der Waals surface area contributed by atoms with Gasteiger partial charge in [0.2, 0.25) is 5.91 Å². The SMILES string of the molecule is CCCCC(=O)N1CCC(c2nc(C(=O)N3CCCC4CCCC=C43)cs2)CC1. The van der Waals surface area contributed by atoms with Gasteiger partial charge in [-0.3, -0.25) is 9.59 Å². The van der Waals surface area contributed by atoms with Crippen LogP contribution in [0, 0.1) is 5.92 Å². The van der Waals surface area contributed by atoms with Crippen LogP contribution >= 0.6 is 11.3 Å². The number of nitrogens with zero attached hydrogens (tertiary/aromatic N) is 3. The van der Waals surface area contributed by atoms with Crippen LogP contribution in [0.1, 0.15) is 92.5 Å². The highest BCUT2D eigenvalue weighted by Crippen LogP contribution is 2.36. The van der Waals surface area contributed by atoms with Crippen LogP contribution < -0.4 is 0 Å². The molecule has 1 unspecified atom stereocenters. The van der Waals surface area contributed by atoms with Gasteiger partial charge in [0.25, 0.3) is 5.91 Å². The van der Waals surface area contributed by atoms with Crippen molar-refractivity contribution in [3.05, 3.63) is 27.9 Å². The van der Waals surface area contributed by atoms with Crippen molar-refractivity contribution >= 4 is 23.2 Å². The average molecular weight is 416 g/mol. The highest BCUT2D eigenvalue weighted by Gasteiger charge is 2.32. The van der Waals surface area contributed by atoms with Crippen molar-refractivity contribution in [2.45, 2.75) is 77.0 Å². The fourth-order valence-electron chi connectivity index (χ4n) is 4.97. The van der Waals surface area contributed by atoms with Gasteiger partial charge in [-0.25, -0.2) is 4.98 Å². The minimum absolute atomic E-state index is 0.0810. The van der Waals surface area contributed by atoms with E-state index in [0.717, 1.165) is 63.2 Å². The number of carbonyl (C=O) groups is 2. The number of thiazole rings is 1. The molecule has 29 heavy (non-hydrogen) atoms. The number of hydrogen-bond acceptors (Lipinski definition) is 4. The highest BCUT2D eigenvalue weighted by atomic mass is 32.1. The number of hydrogen-bond donors (Lipinski definition) is 0. The van der Waals surface area contributed by atoms with Crippen LogP contribution in [-0.2, 0) is 4.79 Å². The van der Waals surface area contributed by atoms with Gasteiger partial charge in [0.05, 0.1) is 5.01 Å². The first-order valence-corrected chi connectivity index (χ1v) is 12.3. The minimum atomic E-state index is 0.0810. The molecular weight excluding hydrogens is 382 g/mol. The monoisotopic (exact) mass is 415 g/mol. The Morgan fingerprint density at radius 3 is 2.69 bits per heavy atom. The Morgan fingerprint density at radius 1 is 1.10 bits per heavy atom. The molecule has 6 heteroatoms. The van der Waals surface area contributed by atoms with E-state index >= 15 is 0 Å². The summed E-state index contributed by atoms with van der Waals surface area (Å²) in [6.45, 7) is 4.58. The van der Waals surface area contributed by atoms with Gasteiger partial charge in [-0.05, 0) is 57.3 Å². The van der Waals surface area contributed by atoms with E-state index in [9.17, 15) is 9.59 Å². The molecule has 0 N–H and O–H groups in total. The number of fused-ring (bicyclic) bond motifs is 1. The molecule has 2 amide bonds. The fourth-order valence-corrected chi connectivity index (χ4v) is 5.93. The predicted molar refractivity (Wildman–Crippen MR) is 116 cm³/mol. The Morgan fingerprint density at radius 2 is 1.90 bits per heavy atom. The molecule has 4 rings (SSSR count). The molecule has 2 fully saturated rings. The van der Waals surface area contributed by atoms with E-state index in [0.29, 0.717) is 29.9 Å². The van der Waals surface area contributed by atoms with Crippen LogP contribution in [0.3, 0.4) is 0 Å². The lowest BCUT2D eigenvalue weighted by atomic mass is 9.85. The molecule has 5 nitrogen and oxygen atoms in total. The van der Waals surface area contributed by atoms with Crippen molar-refractivity contribution in [2.24, 2.45) is 5.92 Å². The Hall–Kier alpha value is -1.69. The third-order valence-corrected chi connectivity index (χ3v) is 7.71. The van der Waals surface area contributed by atoms with Gasteiger partial charge in [-0.2, -0.15) is 0 Å². The van der Waals surface area contributed by atoms with Gasteiger partial charge in [0.15, 0.2) is 0 Å². The Balaban J connectivity index is 1.37. The van der Waals surface area contributed by atoms with E-state index < -0.39 is 0 Å². The van der Waals surface area contributed by atoms with Gasteiger partial charge in [0, 0.05) is 43.1 Å². The smallest absolute Gasteiger partial charge is 0.277 e. The second-order valence-electron chi connectivity index (χ2n) is 8.69. The first-order chi connectivity index (χ1) is 14.2. The fraction of sp³-hybridized carbons (Fsp3) is 0.696. The van der Waals surface area contributed by atoms with Crippen LogP contribution in [0.2, 0.25) is 0 Å². The summed E-state index contributed by atoms with van der Waals surface area (Å²) in [5.74, 6) is 1.31. The quantitative estimate of drug-likeness (QED) is 0.683. The predicted octanol–water partition coefficient (Wildman–Crippen LogP) is 4.96. The number of carbonyl (C=O) groups excluding carboxylic acids is 2. The zero-order valence-electron chi connectivity index (χ0n) is 17.6. The molecule has 1 atom stereocenters. The molecular formula is C23H33N3O2S. The summed E-state index contributed by atoms with van der Waals surface area (Å²) in [6, 6.07) is 0. The van der Waals surface area contributed by atoms with Crippen molar-refractivity contribution in [3.63, 3.8) is 0 Å². The highest BCUT2D eigenvalue weighted by molar-refractivity contribution is 7.09. The Kier molecular flexibility index (Phi) is 6.68. The summed E-state index contributed by atoms with van der Waals surface area (Å²) in [4.78, 5) is 34.2. The number of rotatable bonds is 5. The summed E-state index contributed by atoms with van der Waals surface area (Å²) in [5.41, 5.74) is 1.86. The molecule has 0 saturated carbocycles. The summed E-state index contributed by atoms with van der Waals surface area (Å²) in [6.07, 6.45) is 12.8. The number of unbranched alkanes of at least 4 members (excludes halogenated alkanes) is 1. The largest absolute Gasteiger partial charge is 0.343 e. The van der Waals surface area contributed by atoms with E-state index in [4.69, 9.17) is 4.98 Å². The first-order valence-electron chi connectivity index (χ1n) is 11.4. The second kappa shape index (κ2) is 9.41. The van der Waals surface area contributed by atoms with Crippen LogP contribution in [0.5, 0.6) is 0 Å². The summed E-state index contributed by atoms with van der Waals surface area (Å²) in [5, 5.41) is 3.02. The van der Waals surface area contributed by atoms with Gasteiger partial charge in [0.1, 0.15) is 5.69 Å². The van der Waals surface area contributed by atoms with Gasteiger partial charge in [-0.1, -0.05) is 19.4 Å². The summed E-state index contributed by atoms with van der Waals surface area (Å²) < 4.78 is 0. The first kappa shape index (κ1) is 20.6. The van der Waals surface area contributed by atoms with Crippen molar-refractivity contribution in [3.8, 4) is 0 Å². The molecule has 0 radical (unpaired) electrons. The molecule has 3 heterocycles. The zero-order valence-corrected chi connectivity index (χ0v) is 18.4. The second-order valence-corrected chi connectivity index (χ2v) is 9.58. The van der Waals surface area contributed by atoms with E-state index in [1.165, 1.54) is 25.0 Å². The van der Waals surface area contributed by atoms with Gasteiger partial charge in [-0.15, -0.1) is 11.3 Å². The van der Waals surface area contributed by atoms with E-state index in [2.05, 4.69) is 13.0 Å². The number of allylic oxidation sites excluding steroid dienone is 2. The van der Waals surface area contributed by atoms with Gasteiger partial charge >= 0.3 is 0 Å². The molecule has 0 bridgehead atoms. The number of piperidine rings is 2. The average Bonchev–Trinajstić information content (AvgIpc) is 3.27. The third-order valence-electron chi connectivity index (χ3n) is 6.70. The number of amides is 2. The van der Waals surface area contributed by atoms with E-state index in [1.54, 1.807) is 11.3 Å². The lowest BCUT2D eigenvalue weighted by molar-refractivity contribution is -0.132. The van der Waals surface area contributed by atoms with Crippen molar-refractivity contribution in [1.82, 2.24) is 14.8 Å². The normalized spacial score (nSPS) is 22.9. The Bertz CT molecular complexity index is 764. The Labute approximate surface area is 178 Å². The molecule has 2 aliphatic heterocycles. The molecule has 1 aromatic rings. The number of aromatic nitrogens is 1. The maximum absolute atomic E-state index is 13.2. The molecule has 0 spiro atoms. The molecule has 158 valence electrons. The summed E-state index contributed by atoms with van der Waals surface area (Å²) >= 11 is 1.62. The van der Waals surface area contributed by atoms with Crippen LogP contribution in [0.15, 0.2) is 17.2 Å². The van der Waals surface area contributed by atoms with Crippen molar-refractivity contribution < 1.29 is 9.59 Å². The van der Waals surface area contributed by atoms with E-state index in [-0.39, 0.29) is 5.91 Å². The van der Waals surface area contributed by atoms with Gasteiger partial charge < -0.3 is 9.80 Å². The lowest BCUT2D eigenvalue weighted by Gasteiger charge is -2.37. The van der Waals surface area contributed by atoms with Crippen molar-refractivity contribution in [1.29, 1.82) is 0 Å². The summed E-state index contributed by atoms with van der Waals surface area (Å²) in [7, 11) is 0. The molecule has 0 aromatic carbocycles. The van der Waals surface area contributed by atoms with Crippen molar-refractivity contribution in [2.75, 3.05) is 19.6 Å². The topological polar surface area (TPSA) is 53.5 Å². The third kappa shape index (κ3) is 4.57. The maximum Gasteiger partial charge on any atom is 0.277 e. The lowest BCUT2D eigenvalue weighted by Crippen LogP contribution is -2.39. The molecule has 1 aromatic heterocycles. The molecule has 2 saturated heterocycles. The standard InChI is InChI=1S/C23H33N3O2S/c1-2-3-10-21(27)25-14-11-18(12-15-25)22-24-19(16-29-22)23(28)26-13-6-8-17-7-4-5-9-20(17)26/h9,16-18H,2-8,10-15H2,1H3. The minimum Gasteiger partial charge on any atom is -0.343 e. The maximum atomic E-state index is 13.2. The van der Waals surface area contributed by atoms with E-state index in [1.807, 2.05) is 15.2 Å². The van der Waals surface area contributed by atoms with Crippen LogP contribution in [-0.4, -0.2) is 46.2 Å². The van der Waals surface area contributed by atoms with Crippen LogP contribution in [0.25, 0.3) is 0 Å². The zero-order chi connectivity index (χ0) is 20.2. The molecule has 3 aliphatic rings. The molecule has 1 aliphatic carbocycles. The van der Waals surface area contributed by atoms with Crippen LogP contribution in [0.4, 0.5) is 0 Å². The number of likely N-dealkylation sites (tertiary alicyclic amines) is 2.